The lowest BCUT2D eigenvalue weighted by molar-refractivity contribution is -0.140. The first kappa shape index (κ1) is 19.2. The maximum absolute atomic E-state index is 11.2. The van der Waals surface area contributed by atoms with E-state index in [2.05, 4.69) is 51.5 Å². The molecule has 0 saturated heterocycles. The Labute approximate surface area is 161 Å². The molecule has 0 amide bonds. The first-order valence-corrected chi connectivity index (χ1v) is 9.77. The largest absolute Gasteiger partial charge is 0.469 e. The Balaban J connectivity index is 1.68. The topological polar surface area (TPSA) is 44.1 Å². The van der Waals surface area contributed by atoms with Crippen LogP contribution in [-0.4, -0.2) is 22.6 Å². The Morgan fingerprint density at radius 1 is 1.04 bits per heavy atom. The fourth-order valence-corrected chi connectivity index (χ4v) is 3.76. The van der Waals surface area contributed by atoms with E-state index in [1.807, 2.05) is 18.5 Å². The van der Waals surface area contributed by atoms with Crippen LogP contribution in [0, 0.1) is 6.92 Å². The second kappa shape index (κ2) is 9.36. The number of carbonyl (C=O) groups is 1. The molecule has 4 nitrogen and oxygen atoms in total. The summed E-state index contributed by atoms with van der Waals surface area (Å²) in [5.74, 6) is -0.106. The zero-order valence-electron chi connectivity index (χ0n) is 16.3. The third kappa shape index (κ3) is 4.57. The highest BCUT2D eigenvalue weighted by Gasteiger charge is 2.15. The predicted octanol–water partition coefficient (Wildman–Crippen LogP) is 5.53. The summed E-state index contributed by atoms with van der Waals surface area (Å²) in [5, 5.41) is 1.31. The van der Waals surface area contributed by atoms with Crippen molar-refractivity contribution in [2.24, 2.45) is 0 Å². The number of rotatable bonds is 9. The van der Waals surface area contributed by atoms with E-state index >= 15 is 0 Å². The number of esters is 1. The zero-order chi connectivity index (χ0) is 19.1. The van der Waals surface area contributed by atoms with Crippen molar-refractivity contribution in [3.63, 3.8) is 0 Å². The monoisotopic (exact) mass is 364 g/mol. The fourth-order valence-electron chi connectivity index (χ4n) is 3.76. The molecule has 27 heavy (non-hydrogen) atoms. The molecule has 0 N–H and O–H groups in total. The number of pyridine rings is 1. The molecule has 3 rings (SSSR count). The number of benzene rings is 1. The van der Waals surface area contributed by atoms with Crippen LogP contribution in [0.2, 0.25) is 0 Å². The average Bonchev–Trinajstić information content (AvgIpc) is 3.00. The van der Waals surface area contributed by atoms with Gasteiger partial charge in [0.25, 0.3) is 0 Å². The van der Waals surface area contributed by atoms with Crippen molar-refractivity contribution in [3.8, 4) is 11.3 Å². The van der Waals surface area contributed by atoms with E-state index in [1.54, 1.807) is 0 Å². The van der Waals surface area contributed by atoms with Crippen LogP contribution in [0.3, 0.4) is 0 Å². The van der Waals surface area contributed by atoms with Crippen LogP contribution in [0.4, 0.5) is 0 Å². The highest BCUT2D eigenvalue weighted by Crippen LogP contribution is 2.33. The molecular formula is C23H28N2O2. The van der Waals surface area contributed by atoms with Crippen LogP contribution in [0.5, 0.6) is 0 Å². The number of aryl methyl sites for hydroxylation is 2. The summed E-state index contributed by atoms with van der Waals surface area (Å²) in [6, 6.07) is 12.8. The second-order valence-corrected chi connectivity index (χ2v) is 6.98. The normalized spacial score (nSPS) is 11.0. The van der Waals surface area contributed by atoms with Crippen molar-refractivity contribution < 1.29 is 9.53 Å². The van der Waals surface area contributed by atoms with Gasteiger partial charge in [0.2, 0.25) is 0 Å². The van der Waals surface area contributed by atoms with Gasteiger partial charge in [-0.1, -0.05) is 37.5 Å². The van der Waals surface area contributed by atoms with E-state index in [0.29, 0.717) is 6.42 Å². The molecule has 1 aromatic carbocycles. The number of carbonyl (C=O) groups excluding carboxylic acids is 1. The summed E-state index contributed by atoms with van der Waals surface area (Å²) < 4.78 is 7.13. The molecule has 0 radical (unpaired) electrons. The molecule has 3 aromatic rings. The molecule has 142 valence electrons. The van der Waals surface area contributed by atoms with E-state index in [9.17, 15) is 4.79 Å². The number of nitrogens with zero attached hydrogens (tertiary/aromatic N) is 2. The van der Waals surface area contributed by atoms with Gasteiger partial charge in [-0.15, -0.1) is 0 Å². The molecule has 0 aliphatic carbocycles. The van der Waals surface area contributed by atoms with Crippen LogP contribution in [0.15, 0.2) is 48.8 Å². The SMILES string of the molecule is COC(=O)CCCCCCCn1c(-c2cccnc2)c(C)c2ccccc21. The van der Waals surface area contributed by atoms with Gasteiger partial charge in [0.05, 0.1) is 12.8 Å². The number of aromatic nitrogens is 2. The molecule has 2 heterocycles. The van der Waals surface area contributed by atoms with Crippen LogP contribution in [0.1, 0.15) is 44.1 Å². The Morgan fingerprint density at radius 2 is 1.81 bits per heavy atom. The lowest BCUT2D eigenvalue weighted by atomic mass is 10.1. The molecule has 4 heteroatoms. The molecule has 0 unspecified atom stereocenters. The number of ether oxygens (including phenoxy) is 1. The quantitative estimate of drug-likeness (QED) is 0.371. The van der Waals surface area contributed by atoms with Gasteiger partial charge in [0.15, 0.2) is 0 Å². The third-order valence-corrected chi connectivity index (χ3v) is 5.15. The van der Waals surface area contributed by atoms with E-state index in [-0.39, 0.29) is 5.97 Å². The van der Waals surface area contributed by atoms with Crippen LogP contribution in [0.25, 0.3) is 22.2 Å². The third-order valence-electron chi connectivity index (χ3n) is 5.15. The minimum atomic E-state index is -0.106. The van der Waals surface area contributed by atoms with E-state index in [1.165, 1.54) is 41.3 Å². The van der Waals surface area contributed by atoms with Crippen LogP contribution in [-0.2, 0) is 16.1 Å². The van der Waals surface area contributed by atoms with Gasteiger partial charge >= 0.3 is 5.97 Å². The van der Waals surface area contributed by atoms with E-state index in [0.717, 1.165) is 32.2 Å². The van der Waals surface area contributed by atoms with Crippen molar-refractivity contribution in [1.29, 1.82) is 0 Å². The number of methoxy groups -OCH3 is 1. The molecule has 2 aromatic heterocycles. The summed E-state index contributed by atoms with van der Waals surface area (Å²) in [5.41, 5.74) is 5.05. The van der Waals surface area contributed by atoms with Gasteiger partial charge in [-0.25, -0.2) is 0 Å². The van der Waals surface area contributed by atoms with Crippen molar-refractivity contribution in [2.45, 2.75) is 52.0 Å². The number of unbranched alkanes of at least 4 members (excludes halogenated alkanes) is 4. The summed E-state index contributed by atoms with van der Waals surface area (Å²) >= 11 is 0. The molecule has 0 fully saturated rings. The molecule has 0 bridgehead atoms. The highest BCUT2D eigenvalue weighted by atomic mass is 16.5. The highest BCUT2D eigenvalue weighted by molar-refractivity contribution is 5.91. The molecule has 0 spiro atoms. The average molecular weight is 364 g/mol. The number of para-hydroxylation sites is 1. The molecular weight excluding hydrogens is 336 g/mol. The van der Waals surface area contributed by atoms with Gasteiger partial charge < -0.3 is 9.30 Å². The Morgan fingerprint density at radius 3 is 2.59 bits per heavy atom. The Hall–Kier alpha value is -2.62. The Bertz CT molecular complexity index is 884. The van der Waals surface area contributed by atoms with Gasteiger partial charge in [0, 0.05) is 41.8 Å². The summed E-state index contributed by atoms with van der Waals surface area (Å²) in [4.78, 5) is 15.5. The predicted molar refractivity (Wildman–Crippen MR) is 110 cm³/mol. The van der Waals surface area contributed by atoms with Crippen LogP contribution >= 0.6 is 0 Å². The lowest BCUT2D eigenvalue weighted by Gasteiger charge is -2.12. The summed E-state index contributed by atoms with van der Waals surface area (Å²) in [6.07, 6.45) is 9.74. The maximum Gasteiger partial charge on any atom is 0.305 e. The van der Waals surface area contributed by atoms with E-state index in [4.69, 9.17) is 0 Å². The minimum Gasteiger partial charge on any atom is -0.469 e. The van der Waals surface area contributed by atoms with Crippen LogP contribution < -0.4 is 0 Å². The summed E-state index contributed by atoms with van der Waals surface area (Å²) in [6.45, 7) is 3.20. The number of hydrogen-bond acceptors (Lipinski definition) is 3. The van der Waals surface area contributed by atoms with Gasteiger partial charge in [-0.2, -0.15) is 0 Å². The fraction of sp³-hybridized carbons (Fsp3) is 0.391. The van der Waals surface area contributed by atoms with Crippen molar-refractivity contribution in [3.05, 3.63) is 54.4 Å². The molecule has 0 aliphatic rings. The lowest BCUT2D eigenvalue weighted by Crippen LogP contribution is -2.01. The van der Waals surface area contributed by atoms with Gasteiger partial charge in [-0.05, 0) is 43.5 Å². The summed E-state index contributed by atoms with van der Waals surface area (Å²) in [7, 11) is 1.45. The maximum atomic E-state index is 11.2. The Kier molecular flexibility index (Phi) is 6.64. The molecule has 0 saturated carbocycles. The second-order valence-electron chi connectivity index (χ2n) is 6.98. The molecule has 0 atom stereocenters. The molecule has 0 aliphatic heterocycles. The van der Waals surface area contributed by atoms with Gasteiger partial charge in [0.1, 0.15) is 0 Å². The first-order valence-electron chi connectivity index (χ1n) is 9.77. The van der Waals surface area contributed by atoms with Crippen molar-refractivity contribution in [2.75, 3.05) is 7.11 Å². The standard InChI is InChI=1S/C23H28N2O2/c1-18-20-12-7-8-13-21(20)25(23(18)19-11-10-15-24-17-19)16-9-5-3-4-6-14-22(26)27-2/h7-8,10-13,15,17H,3-6,9,14,16H2,1-2H3. The van der Waals surface area contributed by atoms with Crippen molar-refractivity contribution in [1.82, 2.24) is 9.55 Å². The first-order chi connectivity index (χ1) is 13.2. The van der Waals surface area contributed by atoms with Crippen molar-refractivity contribution >= 4 is 16.9 Å². The number of fused-ring (bicyclic) bond motifs is 1. The van der Waals surface area contributed by atoms with E-state index < -0.39 is 0 Å². The zero-order valence-corrected chi connectivity index (χ0v) is 16.3. The van der Waals surface area contributed by atoms with Gasteiger partial charge in [-0.3, -0.25) is 9.78 Å². The smallest absolute Gasteiger partial charge is 0.305 e. The minimum absolute atomic E-state index is 0.106. The number of hydrogen-bond donors (Lipinski definition) is 0.